The molecule has 0 saturated carbocycles. The van der Waals surface area contributed by atoms with Crippen LogP contribution in [0.3, 0.4) is 0 Å². The topological polar surface area (TPSA) is 78.1 Å². The molecule has 2 aliphatic rings. The van der Waals surface area contributed by atoms with Crippen molar-refractivity contribution in [2.75, 3.05) is 6.79 Å². The Bertz CT molecular complexity index is 589. The van der Waals surface area contributed by atoms with Crippen LogP contribution in [-0.2, 0) is 20.8 Å². The van der Waals surface area contributed by atoms with Crippen LogP contribution in [0.4, 0.5) is 0 Å². The molecule has 1 N–H and O–H groups in total. The van der Waals surface area contributed by atoms with E-state index in [4.69, 9.17) is 35.3 Å². The third kappa shape index (κ3) is 2.45. The quantitative estimate of drug-likeness (QED) is 0.859. The summed E-state index contributed by atoms with van der Waals surface area (Å²) in [5.41, 5.74) is 0. The lowest BCUT2D eigenvalue weighted by Crippen LogP contribution is -2.32. The van der Waals surface area contributed by atoms with E-state index in [0.29, 0.717) is 11.5 Å². The van der Waals surface area contributed by atoms with Gasteiger partial charge in [0.05, 0.1) is 0 Å². The zero-order valence-electron chi connectivity index (χ0n) is 10.2. The normalized spacial score (nSPS) is 28.1. The van der Waals surface area contributed by atoms with Gasteiger partial charge in [0.15, 0.2) is 11.9 Å². The Morgan fingerprint density at radius 2 is 2.40 bits per heavy atom. The van der Waals surface area contributed by atoms with Crippen LogP contribution in [0.15, 0.2) is 40.5 Å². The Kier molecular flexibility index (Phi) is 3.29. The number of halogens is 1. The standard InChI is InChI=1S/C13H11ClO6/c14-13-4-3-8(5-11(13)18-7-19-13)17-6-9-1-2-10(20-9)12(15)16/h1-5,11H,6-7H2,(H,15,16). The fourth-order valence-corrected chi connectivity index (χ4v) is 2.15. The number of aromatic carboxylic acids is 1. The second-order valence-electron chi connectivity index (χ2n) is 4.31. The lowest BCUT2D eigenvalue weighted by atomic mass is 10.1. The lowest BCUT2D eigenvalue weighted by molar-refractivity contribution is 0.0432. The maximum Gasteiger partial charge on any atom is 0.371 e. The minimum atomic E-state index is -1.11. The molecule has 1 aliphatic heterocycles. The minimum absolute atomic E-state index is 0.117. The molecule has 0 spiro atoms. The van der Waals surface area contributed by atoms with Crippen LogP contribution in [0.2, 0.25) is 0 Å². The SMILES string of the molecule is O=C(O)c1ccc(COC2=CC3OCOC3(Cl)C=C2)o1. The van der Waals surface area contributed by atoms with Crippen molar-refractivity contribution in [3.05, 3.63) is 47.6 Å². The van der Waals surface area contributed by atoms with Crippen molar-refractivity contribution in [1.82, 2.24) is 0 Å². The average molecular weight is 299 g/mol. The molecule has 1 aromatic heterocycles. The van der Waals surface area contributed by atoms with Crippen molar-refractivity contribution in [1.29, 1.82) is 0 Å². The summed E-state index contributed by atoms with van der Waals surface area (Å²) >= 11 is 6.18. The van der Waals surface area contributed by atoms with Gasteiger partial charge in [-0.05, 0) is 30.4 Å². The van der Waals surface area contributed by atoms with Gasteiger partial charge in [0.25, 0.3) is 0 Å². The fourth-order valence-electron chi connectivity index (χ4n) is 1.92. The lowest BCUT2D eigenvalue weighted by Gasteiger charge is -2.24. The summed E-state index contributed by atoms with van der Waals surface area (Å²) in [6.07, 6.45) is 4.64. The van der Waals surface area contributed by atoms with Crippen molar-refractivity contribution >= 4 is 17.6 Å². The molecule has 0 aromatic carbocycles. The van der Waals surface area contributed by atoms with E-state index in [1.807, 2.05) is 0 Å². The highest BCUT2D eigenvalue weighted by molar-refractivity contribution is 6.25. The maximum absolute atomic E-state index is 10.7. The van der Waals surface area contributed by atoms with E-state index in [-0.39, 0.29) is 19.2 Å². The number of hydrogen-bond donors (Lipinski definition) is 1. The molecule has 20 heavy (non-hydrogen) atoms. The molecule has 0 bridgehead atoms. The Labute approximate surface area is 119 Å². The molecule has 0 amide bonds. The monoisotopic (exact) mass is 298 g/mol. The van der Waals surface area contributed by atoms with E-state index < -0.39 is 17.1 Å². The average Bonchev–Trinajstić information content (AvgIpc) is 3.01. The van der Waals surface area contributed by atoms with Crippen LogP contribution in [0, 0.1) is 0 Å². The zero-order chi connectivity index (χ0) is 14.2. The van der Waals surface area contributed by atoms with Gasteiger partial charge < -0.3 is 23.7 Å². The molecule has 2 unspecified atom stereocenters. The van der Waals surface area contributed by atoms with Gasteiger partial charge in [0, 0.05) is 0 Å². The van der Waals surface area contributed by atoms with Crippen LogP contribution < -0.4 is 0 Å². The first-order valence-electron chi connectivity index (χ1n) is 5.87. The number of rotatable bonds is 4. The number of carbonyl (C=O) groups is 1. The van der Waals surface area contributed by atoms with Crippen LogP contribution >= 0.6 is 11.6 Å². The van der Waals surface area contributed by atoms with Gasteiger partial charge in [0.2, 0.25) is 5.76 Å². The summed E-state index contributed by atoms with van der Waals surface area (Å²) in [5, 5.41) is 7.78. The van der Waals surface area contributed by atoms with E-state index in [0.717, 1.165) is 0 Å². The van der Waals surface area contributed by atoms with E-state index in [1.54, 1.807) is 24.3 Å². The number of carboxylic acid groups (broad SMARTS) is 1. The molecule has 2 atom stereocenters. The summed E-state index contributed by atoms with van der Waals surface area (Å²) in [6, 6.07) is 2.93. The van der Waals surface area contributed by atoms with Gasteiger partial charge in [-0.15, -0.1) is 0 Å². The van der Waals surface area contributed by atoms with E-state index in [1.165, 1.54) is 6.07 Å². The highest BCUT2D eigenvalue weighted by Crippen LogP contribution is 2.36. The summed E-state index contributed by atoms with van der Waals surface area (Å²) in [6.45, 7) is 0.245. The van der Waals surface area contributed by atoms with Crippen molar-refractivity contribution in [2.24, 2.45) is 0 Å². The van der Waals surface area contributed by atoms with Crippen LogP contribution in [0.5, 0.6) is 0 Å². The predicted molar refractivity (Wildman–Crippen MR) is 67.1 cm³/mol. The van der Waals surface area contributed by atoms with Crippen LogP contribution in [0.25, 0.3) is 0 Å². The zero-order valence-corrected chi connectivity index (χ0v) is 11.0. The predicted octanol–water partition coefficient (Wildman–Crippen LogP) is 2.26. The Morgan fingerprint density at radius 3 is 3.15 bits per heavy atom. The Balaban J connectivity index is 1.63. The molecule has 1 aromatic rings. The van der Waals surface area contributed by atoms with Crippen LogP contribution in [0.1, 0.15) is 16.3 Å². The van der Waals surface area contributed by atoms with Gasteiger partial charge in [-0.2, -0.15) is 0 Å². The molecule has 3 rings (SSSR count). The molecule has 1 aliphatic carbocycles. The number of hydrogen-bond acceptors (Lipinski definition) is 5. The molecule has 6 nitrogen and oxygen atoms in total. The first kappa shape index (κ1) is 13.2. The van der Waals surface area contributed by atoms with E-state index >= 15 is 0 Å². The molecular weight excluding hydrogens is 288 g/mol. The summed E-state index contributed by atoms with van der Waals surface area (Å²) in [7, 11) is 0. The Hall–Kier alpha value is -1.76. The number of allylic oxidation sites excluding steroid dienone is 1. The van der Waals surface area contributed by atoms with Gasteiger partial charge in [-0.25, -0.2) is 4.79 Å². The number of carboxylic acids is 1. The van der Waals surface area contributed by atoms with Crippen LogP contribution in [-0.4, -0.2) is 29.0 Å². The highest BCUT2D eigenvalue weighted by Gasteiger charge is 2.43. The number of furan rings is 1. The Morgan fingerprint density at radius 1 is 1.55 bits per heavy atom. The summed E-state index contributed by atoms with van der Waals surface area (Å²) < 4.78 is 21.2. The first-order valence-corrected chi connectivity index (χ1v) is 6.25. The summed E-state index contributed by atoms with van der Waals surface area (Å²) in [4.78, 5) is 10.7. The maximum atomic E-state index is 10.7. The van der Waals surface area contributed by atoms with Crippen molar-refractivity contribution < 1.29 is 28.5 Å². The van der Waals surface area contributed by atoms with Gasteiger partial charge >= 0.3 is 5.97 Å². The molecule has 1 saturated heterocycles. The highest BCUT2D eigenvalue weighted by atomic mass is 35.5. The van der Waals surface area contributed by atoms with Gasteiger partial charge in [-0.1, -0.05) is 11.6 Å². The van der Waals surface area contributed by atoms with Gasteiger partial charge in [0.1, 0.15) is 24.2 Å². The molecule has 0 radical (unpaired) electrons. The molecule has 2 heterocycles. The first-order chi connectivity index (χ1) is 9.57. The largest absolute Gasteiger partial charge is 0.486 e. The smallest absolute Gasteiger partial charge is 0.371 e. The third-order valence-corrected chi connectivity index (χ3v) is 3.41. The summed E-state index contributed by atoms with van der Waals surface area (Å²) in [5.74, 6) is -0.256. The second kappa shape index (κ2) is 4.97. The van der Waals surface area contributed by atoms with Gasteiger partial charge in [-0.3, -0.25) is 0 Å². The van der Waals surface area contributed by atoms with E-state index in [9.17, 15) is 4.79 Å². The van der Waals surface area contributed by atoms with Crippen molar-refractivity contribution in [3.63, 3.8) is 0 Å². The number of alkyl halides is 1. The molecule has 106 valence electrons. The molecular formula is C13H11ClO6. The third-order valence-electron chi connectivity index (χ3n) is 2.96. The minimum Gasteiger partial charge on any atom is -0.486 e. The molecule has 1 fully saturated rings. The van der Waals surface area contributed by atoms with Crippen molar-refractivity contribution in [3.8, 4) is 0 Å². The number of fused-ring (bicyclic) bond motifs is 1. The fraction of sp³-hybridized carbons (Fsp3) is 0.308. The second-order valence-corrected chi connectivity index (χ2v) is 4.90. The number of ether oxygens (including phenoxy) is 3. The van der Waals surface area contributed by atoms with Crippen molar-refractivity contribution in [2.45, 2.75) is 17.8 Å². The van der Waals surface area contributed by atoms with E-state index in [2.05, 4.69) is 0 Å². The molecule has 7 heteroatoms.